The van der Waals surface area contributed by atoms with Crippen molar-refractivity contribution >= 4 is 35.7 Å². The third kappa shape index (κ3) is 32.9. The SMILES string of the molecule is CCCCCCCCCCCOC(=O)[C@@H](CCC(=O)NC(CCCC(N)C(=O)O)C(=O)O)NC(=O)CCCCCCCCCCC.O=C(O)C(F)(F)F. The van der Waals surface area contributed by atoms with Crippen LogP contribution in [0.2, 0.25) is 0 Å². The molecule has 0 aromatic carbocycles. The van der Waals surface area contributed by atoms with Crippen LogP contribution < -0.4 is 16.4 Å². The molecule has 0 rings (SSSR count). The van der Waals surface area contributed by atoms with E-state index >= 15 is 0 Å². The van der Waals surface area contributed by atoms with Crippen LogP contribution in [0.15, 0.2) is 0 Å². The van der Waals surface area contributed by atoms with Crippen molar-refractivity contribution in [1.82, 2.24) is 10.6 Å². The maximum atomic E-state index is 12.9. The Balaban J connectivity index is 0. The number of amides is 2. The number of hydrogen-bond donors (Lipinski definition) is 6. The molecule has 0 saturated carbocycles. The number of rotatable bonds is 32. The molecule has 0 aromatic rings. The predicted molar refractivity (Wildman–Crippen MR) is 194 cm³/mol. The number of unbranched alkanes of at least 4 members (excludes halogenated alkanes) is 16. The number of carboxylic acid groups (broad SMARTS) is 3. The third-order valence-corrected chi connectivity index (χ3v) is 8.48. The van der Waals surface area contributed by atoms with E-state index in [0.29, 0.717) is 6.42 Å². The first kappa shape index (κ1) is 51.7. The summed E-state index contributed by atoms with van der Waals surface area (Å²) >= 11 is 0. The monoisotopic (exact) mass is 769 g/mol. The molecule has 0 bridgehead atoms. The summed E-state index contributed by atoms with van der Waals surface area (Å²) in [6.45, 7) is 4.64. The second kappa shape index (κ2) is 33.2. The standard InChI is InChI=1S/C35H65N3O8.C2HF3O2/c1-3-5-7-9-11-13-15-17-19-24-31(39)38-30(35(45)46-27-20-18-16-14-12-10-8-6-4-2)25-26-32(40)37-29(34(43)44)23-21-22-28(36)33(41)42;3-2(4,5)1(6)7/h28-30H,3-27,36H2,1-2H3,(H,37,40)(H,38,39)(H,41,42)(H,43,44);(H,6,7)/t28?,29?,30-;/m1./s1. The van der Waals surface area contributed by atoms with Crippen LogP contribution in [-0.4, -0.2) is 81.9 Å². The van der Waals surface area contributed by atoms with Crippen molar-refractivity contribution in [3.05, 3.63) is 0 Å². The zero-order chi connectivity index (χ0) is 40.5. The van der Waals surface area contributed by atoms with E-state index in [0.717, 1.165) is 44.9 Å². The highest BCUT2D eigenvalue weighted by Crippen LogP contribution is 2.14. The lowest BCUT2D eigenvalue weighted by molar-refractivity contribution is -0.192. The average molecular weight is 770 g/mol. The second-order valence-corrected chi connectivity index (χ2v) is 13.4. The van der Waals surface area contributed by atoms with Crippen molar-refractivity contribution in [2.75, 3.05) is 6.61 Å². The van der Waals surface area contributed by atoms with Gasteiger partial charge in [-0.1, -0.05) is 117 Å². The Labute approximate surface area is 312 Å². The summed E-state index contributed by atoms with van der Waals surface area (Å²) < 4.78 is 37.2. The van der Waals surface area contributed by atoms with E-state index in [1.165, 1.54) is 64.2 Å². The molecule has 0 spiro atoms. The normalized spacial score (nSPS) is 12.8. The van der Waals surface area contributed by atoms with Crippen LogP contribution in [0, 0.1) is 0 Å². The van der Waals surface area contributed by atoms with E-state index < -0.39 is 54.1 Å². The van der Waals surface area contributed by atoms with E-state index in [1.54, 1.807) is 0 Å². The zero-order valence-electron chi connectivity index (χ0n) is 31.8. The number of nitrogens with one attached hydrogen (secondary N) is 2. The average Bonchev–Trinajstić information content (AvgIpc) is 3.09. The molecule has 0 saturated heterocycles. The molecule has 3 atom stereocenters. The molecular formula is C37H66F3N3O10. The molecule has 0 aliphatic carbocycles. The van der Waals surface area contributed by atoms with Gasteiger partial charge in [0, 0.05) is 12.8 Å². The number of carbonyl (C=O) groups excluding carboxylic acids is 3. The van der Waals surface area contributed by atoms with Gasteiger partial charge < -0.3 is 36.4 Å². The smallest absolute Gasteiger partial charge is 0.480 e. The lowest BCUT2D eigenvalue weighted by Crippen LogP contribution is -2.44. The molecule has 16 heteroatoms. The van der Waals surface area contributed by atoms with Gasteiger partial charge in [0.2, 0.25) is 11.8 Å². The highest BCUT2D eigenvalue weighted by Gasteiger charge is 2.38. The zero-order valence-corrected chi connectivity index (χ0v) is 31.8. The minimum absolute atomic E-state index is 0.0156. The molecule has 13 nitrogen and oxygen atoms in total. The van der Waals surface area contributed by atoms with Gasteiger partial charge in [-0.25, -0.2) is 14.4 Å². The minimum atomic E-state index is -5.08. The Bertz CT molecular complexity index is 1030. The Morgan fingerprint density at radius 1 is 0.566 bits per heavy atom. The van der Waals surface area contributed by atoms with Gasteiger partial charge in [0.25, 0.3) is 0 Å². The quantitative estimate of drug-likeness (QED) is 0.0301. The number of esters is 1. The Morgan fingerprint density at radius 2 is 0.981 bits per heavy atom. The first-order valence-electron chi connectivity index (χ1n) is 19.3. The van der Waals surface area contributed by atoms with Gasteiger partial charge >= 0.3 is 30.1 Å². The largest absolute Gasteiger partial charge is 0.490 e. The summed E-state index contributed by atoms with van der Waals surface area (Å²) in [6, 6.07) is -3.33. The van der Waals surface area contributed by atoms with Crippen LogP contribution in [-0.2, 0) is 33.5 Å². The predicted octanol–water partition coefficient (Wildman–Crippen LogP) is 7.03. The van der Waals surface area contributed by atoms with E-state index in [2.05, 4.69) is 24.5 Å². The molecule has 0 aliphatic heterocycles. The van der Waals surface area contributed by atoms with Gasteiger partial charge in [0.1, 0.15) is 18.1 Å². The molecular weight excluding hydrogens is 703 g/mol. The maximum Gasteiger partial charge on any atom is 0.490 e. The fourth-order valence-electron chi connectivity index (χ4n) is 5.26. The number of nitrogens with two attached hydrogens (primary N) is 1. The molecule has 0 aromatic heterocycles. The van der Waals surface area contributed by atoms with Gasteiger partial charge in [0.05, 0.1) is 6.61 Å². The fourth-order valence-corrected chi connectivity index (χ4v) is 5.26. The number of halogens is 3. The first-order valence-corrected chi connectivity index (χ1v) is 19.3. The molecule has 0 radical (unpaired) electrons. The molecule has 53 heavy (non-hydrogen) atoms. The van der Waals surface area contributed by atoms with Crippen molar-refractivity contribution < 1.29 is 62.0 Å². The van der Waals surface area contributed by atoms with Gasteiger partial charge in [0.15, 0.2) is 0 Å². The van der Waals surface area contributed by atoms with Crippen molar-refractivity contribution in [3.63, 3.8) is 0 Å². The summed E-state index contributed by atoms with van der Waals surface area (Å²) in [7, 11) is 0. The van der Waals surface area contributed by atoms with Crippen LogP contribution in [0.3, 0.4) is 0 Å². The lowest BCUT2D eigenvalue weighted by Gasteiger charge is -2.19. The minimum Gasteiger partial charge on any atom is -0.480 e. The molecule has 2 unspecified atom stereocenters. The highest BCUT2D eigenvalue weighted by molar-refractivity contribution is 5.86. The summed E-state index contributed by atoms with van der Waals surface area (Å²) in [4.78, 5) is 69.7. The first-order chi connectivity index (χ1) is 25.1. The van der Waals surface area contributed by atoms with Crippen molar-refractivity contribution in [2.45, 2.75) is 192 Å². The molecule has 2 amide bonds. The van der Waals surface area contributed by atoms with Crippen LogP contribution >= 0.6 is 0 Å². The summed E-state index contributed by atoms with van der Waals surface area (Å²) in [5, 5.41) is 30.7. The molecule has 310 valence electrons. The van der Waals surface area contributed by atoms with Crippen molar-refractivity contribution in [3.8, 4) is 0 Å². The lowest BCUT2D eigenvalue weighted by atomic mass is 10.0. The van der Waals surface area contributed by atoms with Crippen molar-refractivity contribution in [2.24, 2.45) is 5.73 Å². The Hall–Kier alpha value is -3.43. The van der Waals surface area contributed by atoms with Crippen molar-refractivity contribution in [1.29, 1.82) is 0 Å². The summed E-state index contributed by atoms with van der Waals surface area (Å²) in [5.74, 6) is -6.63. The topological polar surface area (TPSA) is 222 Å². The number of hydrogen-bond acceptors (Lipinski definition) is 8. The van der Waals surface area contributed by atoms with Crippen LogP contribution in [0.25, 0.3) is 0 Å². The fraction of sp³-hybridized carbons (Fsp3) is 0.838. The van der Waals surface area contributed by atoms with Gasteiger partial charge in [-0.2, -0.15) is 13.2 Å². The highest BCUT2D eigenvalue weighted by atomic mass is 19.4. The molecule has 7 N–H and O–H groups in total. The Morgan fingerprint density at radius 3 is 1.42 bits per heavy atom. The number of alkyl halides is 3. The number of carbonyl (C=O) groups is 6. The molecule has 0 heterocycles. The van der Waals surface area contributed by atoms with E-state index in [-0.39, 0.29) is 51.0 Å². The van der Waals surface area contributed by atoms with Gasteiger partial charge in [-0.3, -0.25) is 14.4 Å². The van der Waals surface area contributed by atoms with Crippen LogP contribution in [0.4, 0.5) is 13.2 Å². The van der Waals surface area contributed by atoms with Crippen LogP contribution in [0.5, 0.6) is 0 Å². The number of aliphatic carboxylic acids is 3. The van der Waals surface area contributed by atoms with Crippen LogP contribution in [0.1, 0.15) is 168 Å². The van der Waals surface area contributed by atoms with E-state index in [4.69, 9.17) is 25.5 Å². The van der Waals surface area contributed by atoms with E-state index in [1.807, 2.05) is 0 Å². The summed E-state index contributed by atoms with van der Waals surface area (Å²) in [6.07, 6.45) is 15.5. The maximum absolute atomic E-state index is 12.9. The van der Waals surface area contributed by atoms with Gasteiger partial charge in [-0.05, 0) is 38.5 Å². The molecule has 0 fully saturated rings. The second-order valence-electron chi connectivity index (χ2n) is 13.4. The third-order valence-electron chi connectivity index (χ3n) is 8.48. The molecule has 0 aliphatic rings. The van der Waals surface area contributed by atoms with E-state index in [9.17, 15) is 42.3 Å². The number of carboxylic acids is 3. The summed E-state index contributed by atoms with van der Waals surface area (Å²) in [5.41, 5.74) is 5.47. The Kier molecular flexibility index (Phi) is 32.3. The van der Waals surface area contributed by atoms with Gasteiger partial charge in [-0.15, -0.1) is 0 Å². The number of ether oxygens (including phenoxy) is 1.